The molecule has 1 saturated heterocycles. The van der Waals surface area contributed by atoms with Gasteiger partial charge in [-0.25, -0.2) is 8.42 Å². The summed E-state index contributed by atoms with van der Waals surface area (Å²) in [6, 6.07) is 14.7. The van der Waals surface area contributed by atoms with E-state index in [0.29, 0.717) is 38.4 Å². The molecule has 0 amide bonds. The van der Waals surface area contributed by atoms with Gasteiger partial charge >= 0.3 is 0 Å². The van der Waals surface area contributed by atoms with Gasteiger partial charge in [-0.1, -0.05) is 42.0 Å². The number of hydrogen-bond acceptors (Lipinski definition) is 6. The van der Waals surface area contributed by atoms with Crippen molar-refractivity contribution in [3.05, 3.63) is 65.2 Å². The fourth-order valence-electron chi connectivity index (χ4n) is 3.56. The molecular weight excluding hydrogens is 414 g/mol. The first kappa shape index (κ1) is 23.6. The Labute approximate surface area is 185 Å². The van der Waals surface area contributed by atoms with Crippen molar-refractivity contribution in [1.29, 1.82) is 0 Å². The van der Waals surface area contributed by atoms with Crippen LogP contribution in [0.3, 0.4) is 0 Å². The van der Waals surface area contributed by atoms with Crippen LogP contribution in [-0.4, -0.2) is 76.9 Å². The summed E-state index contributed by atoms with van der Waals surface area (Å²) in [7, 11) is 0.476. The first-order valence-electron chi connectivity index (χ1n) is 10.4. The second-order valence-electron chi connectivity index (χ2n) is 7.99. The van der Waals surface area contributed by atoms with Crippen molar-refractivity contribution in [2.75, 3.05) is 53.5 Å². The summed E-state index contributed by atoms with van der Waals surface area (Å²) in [4.78, 5) is 14.9. The highest BCUT2D eigenvalue weighted by Gasteiger charge is 2.26. The van der Waals surface area contributed by atoms with Gasteiger partial charge < -0.3 is 15.0 Å². The molecule has 1 fully saturated rings. The number of ketones is 1. The molecule has 1 N–H and O–H groups in total. The lowest BCUT2D eigenvalue weighted by atomic mass is 10.0. The maximum absolute atomic E-state index is 12.7. The number of benzene rings is 2. The molecule has 1 unspecified atom stereocenters. The van der Waals surface area contributed by atoms with E-state index < -0.39 is 10.0 Å². The van der Waals surface area contributed by atoms with Gasteiger partial charge in [-0.15, -0.1) is 0 Å². The second-order valence-corrected chi connectivity index (χ2v) is 9.92. The highest BCUT2D eigenvalue weighted by molar-refractivity contribution is 7.89. The minimum atomic E-state index is -3.56. The van der Waals surface area contributed by atoms with Crippen molar-refractivity contribution < 1.29 is 17.9 Å². The number of nitrogens with zero attached hydrogens (tertiary/aromatic N) is 2. The zero-order chi connectivity index (χ0) is 22.4. The molecule has 0 aromatic heterocycles. The highest BCUT2D eigenvalue weighted by atomic mass is 32.2. The molecule has 168 valence electrons. The maximum Gasteiger partial charge on any atom is 0.243 e. The molecule has 2 aromatic carbocycles. The number of likely N-dealkylation sites (N-methyl/N-ethyl adjacent to an activating group) is 1. The minimum Gasteiger partial charge on any atom is -0.379 e. The zero-order valence-electron chi connectivity index (χ0n) is 18.4. The number of carbonyl (C=O) groups is 1. The lowest BCUT2D eigenvalue weighted by Crippen LogP contribution is -2.40. The van der Waals surface area contributed by atoms with E-state index in [2.05, 4.69) is 41.4 Å². The summed E-state index contributed by atoms with van der Waals surface area (Å²) in [6.45, 7) is 4.37. The molecule has 8 heteroatoms. The van der Waals surface area contributed by atoms with E-state index >= 15 is 0 Å². The van der Waals surface area contributed by atoms with Crippen molar-refractivity contribution in [3.8, 4) is 0 Å². The van der Waals surface area contributed by atoms with Crippen LogP contribution in [0.1, 0.15) is 27.5 Å². The van der Waals surface area contributed by atoms with Gasteiger partial charge in [-0.3, -0.25) is 4.79 Å². The van der Waals surface area contributed by atoms with Crippen LogP contribution in [0.15, 0.2) is 53.4 Å². The Hall–Kier alpha value is -2.10. The van der Waals surface area contributed by atoms with Crippen molar-refractivity contribution in [2.24, 2.45) is 0 Å². The molecule has 1 aliphatic heterocycles. The minimum absolute atomic E-state index is 0.0725. The quantitative estimate of drug-likeness (QED) is 0.596. The standard InChI is InChI=1S/C23H31N3O4S/c1-18-4-6-19(7-5-18)22(25(2)3)16-24-17-23(27)20-8-10-21(11-9-20)31(28,29)26-12-14-30-15-13-26/h4-11,22,24H,12-17H2,1-3H3. The van der Waals surface area contributed by atoms with E-state index in [1.807, 2.05) is 14.1 Å². The molecule has 3 rings (SSSR count). The summed E-state index contributed by atoms with van der Waals surface area (Å²) in [5.74, 6) is -0.0725. The van der Waals surface area contributed by atoms with E-state index in [1.54, 1.807) is 12.1 Å². The predicted molar refractivity (Wildman–Crippen MR) is 121 cm³/mol. The Balaban J connectivity index is 1.58. The average molecular weight is 446 g/mol. The fraction of sp³-hybridized carbons (Fsp3) is 0.435. The van der Waals surface area contributed by atoms with Crippen LogP contribution in [0, 0.1) is 6.92 Å². The smallest absolute Gasteiger partial charge is 0.243 e. The Morgan fingerprint density at radius 3 is 2.26 bits per heavy atom. The molecule has 31 heavy (non-hydrogen) atoms. The Morgan fingerprint density at radius 2 is 1.68 bits per heavy atom. The number of morpholine rings is 1. The molecule has 0 saturated carbocycles. The second kappa shape index (κ2) is 10.5. The van der Waals surface area contributed by atoms with Crippen LogP contribution < -0.4 is 5.32 Å². The first-order chi connectivity index (χ1) is 14.8. The topological polar surface area (TPSA) is 79.0 Å². The summed E-state index contributed by atoms with van der Waals surface area (Å²) < 4.78 is 32.0. The van der Waals surface area contributed by atoms with Gasteiger partial charge in [0.25, 0.3) is 0 Å². The van der Waals surface area contributed by atoms with Crippen LogP contribution >= 0.6 is 0 Å². The summed E-state index contributed by atoms with van der Waals surface area (Å²) in [5.41, 5.74) is 2.89. The number of Topliss-reactive ketones (excluding diaryl/α,β-unsaturated/α-hetero) is 1. The third-order valence-electron chi connectivity index (χ3n) is 5.49. The third-order valence-corrected chi connectivity index (χ3v) is 7.41. The lowest BCUT2D eigenvalue weighted by Gasteiger charge is -2.26. The molecule has 0 spiro atoms. The van der Waals surface area contributed by atoms with Gasteiger partial charge in [0.1, 0.15) is 0 Å². The van der Waals surface area contributed by atoms with Gasteiger partial charge in [0.15, 0.2) is 5.78 Å². The van der Waals surface area contributed by atoms with E-state index in [-0.39, 0.29) is 23.3 Å². The first-order valence-corrected chi connectivity index (χ1v) is 11.9. The third kappa shape index (κ3) is 5.99. The highest BCUT2D eigenvalue weighted by Crippen LogP contribution is 2.19. The van der Waals surface area contributed by atoms with Crippen molar-refractivity contribution in [3.63, 3.8) is 0 Å². The van der Waals surface area contributed by atoms with E-state index in [0.717, 1.165) is 0 Å². The number of hydrogen-bond donors (Lipinski definition) is 1. The van der Waals surface area contributed by atoms with Crippen LogP contribution in [0.4, 0.5) is 0 Å². The van der Waals surface area contributed by atoms with Crippen molar-refractivity contribution in [2.45, 2.75) is 17.9 Å². The number of rotatable bonds is 9. The molecule has 1 atom stereocenters. The Morgan fingerprint density at radius 1 is 1.06 bits per heavy atom. The van der Waals surface area contributed by atoms with E-state index in [1.165, 1.54) is 27.6 Å². The largest absolute Gasteiger partial charge is 0.379 e. The monoisotopic (exact) mass is 445 g/mol. The number of sulfonamides is 1. The summed E-state index contributed by atoms with van der Waals surface area (Å²) in [5, 5.41) is 3.24. The van der Waals surface area contributed by atoms with Crippen LogP contribution in [-0.2, 0) is 14.8 Å². The van der Waals surface area contributed by atoms with Crippen molar-refractivity contribution in [1.82, 2.24) is 14.5 Å². The normalized spacial score (nSPS) is 16.4. The molecule has 0 bridgehead atoms. The van der Waals surface area contributed by atoms with Gasteiger partial charge in [-0.2, -0.15) is 4.31 Å². The fourth-order valence-corrected chi connectivity index (χ4v) is 4.97. The molecule has 7 nitrogen and oxygen atoms in total. The van der Waals surface area contributed by atoms with E-state index in [9.17, 15) is 13.2 Å². The predicted octanol–water partition coefficient (Wildman–Crippen LogP) is 2.09. The number of ether oxygens (including phenoxy) is 1. The molecular formula is C23H31N3O4S. The number of nitrogens with one attached hydrogen (secondary N) is 1. The van der Waals surface area contributed by atoms with Crippen LogP contribution in [0.5, 0.6) is 0 Å². The molecule has 0 radical (unpaired) electrons. The van der Waals surface area contributed by atoms with Gasteiger partial charge in [0.05, 0.1) is 24.7 Å². The van der Waals surface area contributed by atoms with E-state index in [4.69, 9.17) is 4.74 Å². The average Bonchev–Trinajstić information content (AvgIpc) is 2.78. The summed E-state index contributed by atoms with van der Waals surface area (Å²) in [6.07, 6.45) is 0. The van der Waals surface area contributed by atoms with Crippen LogP contribution in [0.2, 0.25) is 0 Å². The Kier molecular flexibility index (Phi) is 7.96. The zero-order valence-corrected chi connectivity index (χ0v) is 19.2. The molecule has 1 aliphatic rings. The number of aryl methyl sites for hydroxylation is 1. The lowest BCUT2D eigenvalue weighted by molar-refractivity contribution is 0.0730. The van der Waals surface area contributed by atoms with Gasteiger partial charge in [0.2, 0.25) is 10.0 Å². The molecule has 1 heterocycles. The Bertz CT molecular complexity index is 967. The van der Waals surface area contributed by atoms with Gasteiger partial charge in [-0.05, 0) is 38.7 Å². The maximum atomic E-state index is 12.7. The number of carbonyl (C=O) groups excluding carboxylic acids is 1. The summed E-state index contributed by atoms with van der Waals surface area (Å²) >= 11 is 0. The van der Waals surface area contributed by atoms with Gasteiger partial charge in [0, 0.05) is 31.2 Å². The SMILES string of the molecule is Cc1ccc(C(CNCC(=O)c2ccc(S(=O)(=O)N3CCOCC3)cc2)N(C)C)cc1. The molecule has 2 aromatic rings. The van der Waals surface area contributed by atoms with Crippen LogP contribution in [0.25, 0.3) is 0 Å². The molecule has 0 aliphatic carbocycles. The van der Waals surface area contributed by atoms with Crippen molar-refractivity contribution >= 4 is 15.8 Å².